The molecule has 0 spiro atoms. The fourth-order valence-corrected chi connectivity index (χ4v) is 3.37. The van der Waals surface area contributed by atoms with E-state index in [-0.39, 0.29) is 0 Å². The number of nitrogens with zero attached hydrogens (tertiary/aromatic N) is 2. The van der Waals surface area contributed by atoms with Crippen molar-refractivity contribution in [2.24, 2.45) is 0 Å². The Morgan fingerprint density at radius 3 is 2.86 bits per heavy atom. The molecule has 3 aromatic rings. The van der Waals surface area contributed by atoms with E-state index in [9.17, 15) is 4.39 Å². The monoisotopic (exact) mass is 367 g/mol. The number of anilines is 1. The summed E-state index contributed by atoms with van der Waals surface area (Å²) in [4.78, 5) is 8.78. The van der Waals surface area contributed by atoms with Gasteiger partial charge in [-0.05, 0) is 34.1 Å². The van der Waals surface area contributed by atoms with E-state index < -0.39 is 6.67 Å². The third kappa shape index (κ3) is 2.47. The summed E-state index contributed by atoms with van der Waals surface area (Å²) in [5.41, 5.74) is 8.41. The molecule has 0 bridgehead atoms. The Bertz CT molecular complexity index is 821. The fourth-order valence-electron chi connectivity index (χ4n) is 2.02. The molecule has 0 amide bonds. The highest BCUT2D eigenvalue weighted by molar-refractivity contribution is 9.10. The number of halogens is 2. The Labute approximate surface area is 132 Å². The summed E-state index contributed by atoms with van der Waals surface area (Å²) in [5.74, 6) is 0.676. The average molecular weight is 368 g/mol. The van der Waals surface area contributed by atoms with Gasteiger partial charge in [-0.1, -0.05) is 0 Å². The molecule has 0 aliphatic heterocycles. The number of nitrogen functional groups attached to an aromatic ring is 1. The van der Waals surface area contributed by atoms with Gasteiger partial charge in [-0.3, -0.25) is 0 Å². The number of hydrogen-bond donors (Lipinski definition) is 1. The molecule has 4 nitrogen and oxygen atoms in total. The minimum absolute atomic E-state index is 0.403. The lowest BCUT2D eigenvalue weighted by Crippen LogP contribution is -1.95. The molecular formula is C14H11BrFN3OS. The molecule has 0 atom stereocenters. The quantitative estimate of drug-likeness (QED) is 0.754. The Kier molecular flexibility index (Phi) is 3.77. The topological polar surface area (TPSA) is 61.0 Å². The number of methoxy groups -OCH3 is 1. The maximum atomic E-state index is 12.6. The lowest BCUT2D eigenvalue weighted by molar-refractivity contribution is 0.413. The number of ether oxygens (including phenoxy) is 1. The maximum Gasteiger partial charge on any atom is 0.142 e. The minimum Gasteiger partial charge on any atom is -0.495 e. The molecule has 3 rings (SSSR count). The van der Waals surface area contributed by atoms with Crippen LogP contribution in [0.5, 0.6) is 5.75 Å². The standard InChI is InChI=1S/C14H11BrFN3OS/c1-20-11-3-2-8-9(17)4-10(19-13(8)12(11)15)14-18-7(5-16)6-21-14/h2-4,6H,5H2,1H3,(H2,17,19). The third-order valence-corrected chi connectivity index (χ3v) is 4.72. The Balaban J connectivity index is 2.23. The van der Waals surface area contributed by atoms with Crippen LogP contribution in [-0.4, -0.2) is 17.1 Å². The smallest absolute Gasteiger partial charge is 0.142 e. The van der Waals surface area contributed by atoms with Crippen molar-refractivity contribution in [1.82, 2.24) is 9.97 Å². The molecule has 2 aromatic heterocycles. The van der Waals surface area contributed by atoms with Crippen molar-refractivity contribution in [3.8, 4) is 16.5 Å². The second kappa shape index (κ2) is 5.57. The van der Waals surface area contributed by atoms with Crippen molar-refractivity contribution in [1.29, 1.82) is 0 Å². The molecule has 1 aromatic carbocycles. The van der Waals surface area contributed by atoms with Crippen LogP contribution >= 0.6 is 27.3 Å². The molecular weight excluding hydrogens is 357 g/mol. The molecule has 0 saturated carbocycles. The lowest BCUT2D eigenvalue weighted by Gasteiger charge is -2.09. The summed E-state index contributed by atoms with van der Waals surface area (Å²) < 4.78 is 18.6. The second-order valence-electron chi connectivity index (χ2n) is 4.35. The van der Waals surface area contributed by atoms with Gasteiger partial charge in [0.2, 0.25) is 0 Å². The van der Waals surface area contributed by atoms with Gasteiger partial charge >= 0.3 is 0 Å². The zero-order valence-corrected chi connectivity index (χ0v) is 13.5. The first-order chi connectivity index (χ1) is 10.1. The second-order valence-corrected chi connectivity index (χ2v) is 6.00. The van der Waals surface area contributed by atoms with E-state index in [1.54, 1.807) is 18.6 Å². The summed E-state index contributed by atoms with van der Waals surface area (Å²) in [6, 6.07) is 5.44. The van der Waals surface area contributed by atoms with Gasteiger partial charge in [-0.25, -0.2) is 14.4 Å². The van der Waals surface area contributed by atoms with Crippen molar-refractivity contribution in [3.05, 3.63) is 33.7 Å². The number of thiazole rings is 1. The van der Waals surface area contributed by atoms with Crippen LogP contribution in [0.15, 0.2) is 28.1 Å². The number of aromatic nitrogens is 2. The molecule has 0 fully saturated rings. The predicted octanol–water partition coefficient (Wildman–Crippen LogP) is 4.18. The summed E-state index contributed by atoms with van der Waals surface area (Å²) in [5, 5.41) is 3.15. The van der Waals surface area contributed by atoms with E-state index in [0.29, 0.717) is 33.3 Å². The highest BCUT2D eigenvalue weighted by Gasteiger charge is 2.13. The van der Waals surface area contributed by atoms with Gasteiger partial charge in [0.15, 0.2) is 0 Å². The first-order valence-corrected chi connectivity index (χ1v) is 7.74. The number of fused-ring (bicyclic) bond motifs is 1. The number of hydrogen-bond acceptors (Lipinski definition) is 5. The van der Waals surface area contributed by atoms with Gasteiger partial charge in [0.1, 0.15) is 23.1 Å². The zero-order valence-electron chi connectivity index (χ0n) is 11.1. The minimum atomic E-state index is -0.586. The van der Waals surface area contributed by atoms with Crippen molar-refractivity contribution in [2.45, 2.75) is 6.67 Å². The van der Waals surface area contributed by atoms with Crippen molar-refractivity contribution in [3.63, 3.8) is 0 Å². The van der Waals surface area contributed by atoms with Crippen LogP contribution in [0, 0.1) is 0 Å². The summed E-state index contributed by atoms with van der Waals surface area (Å²) >= 11 is 4.83. The van der Waals surface area contributed by atoms with E-state index in [4.69, 9.17) is 10.5 Å². The van der Waals surface area contributed by atoms with E-state index in [1.165, 1.54) is 11.3 Å². The highest BCUT2D eigenvalue weighted by atomic mass is 79.9. The lowest BCUT2D eigenvalue weighted by atomic mass is 10.1. The predicted molar refractivity (Wildman–Crippen MR) is 86.3 cm³/mol. The van der Waals surface area contributed by atoms with Crippen molar-refractivity contribution in [2.75, 3.05) is 12.8 Å². The van der Waals surface area contributed by atoms with Crippen LogP contribution in [-0.2, 0) is 6.67 Å². The van der Waals surface area contributed by atoms with Crippen molar-refractivity contribution < 1.29 is 9.13 Å². The molecule has 108 valence electrons. The number of alkyl halides is 1. The van der Waals surface area contributed by atoms with Crippen LogP contribution in [0.1, 0.15) is 5.69 Å². The van der Waals surface area contributed by atoms with Crippen LogP contribution in [0.4, 0.5) is 10.1 Å². The number of pyridine rings is 1. The van der Waals surface area contributed by atoms with Crippen LogP contribution in [0.3, 0.4) is 0 Å². The van der Waals surface area contributed by atoms with E-state index in [0.717, 1.165) is 9.86 Å². The average Bonchev–Trinajstić information content (AvgIpc) is 2.97. The molecule has 0 aliphatic carbocycles. The first-order valence-electron chi connectivity index (χ1n) is 6.07. The largest absolute Gasteiger partial charge is 0.495 e. The van der Waals surface area contributed by atoms with Gasteiger partial charge in [-0.2, -0.15) is 0 Å². The van der Waals surface area contributed by atoms with Crippen LogP contribution < -0.4 is 10.5 Å². The molecule has 21 heavy (non-hydrogen) atoms. The molecule has 0 saturated heterocycles. The first kappa shape index (κ1) is 14.2. The van der Waals surface area contributed by atoms with Gasteiger partial charge in [-0.15, -0.1) is 11.3 Å². The Hall–Kier alpha value is -1.73. The van der Waals surface area contributed by atoms with E-state index in [1.807, 2.05) is 12.1 Å². The Morgan fingerprint density at radius 1 is 1.38 bits per heavy atom. The SMILES string of the molecule is COc1ccc2c(N)cc(-c3nc(CF)cs3)nc2c1Br. The summed E-state index contributed by atoms with van der Waals surface area (Å²) in [6.45, 7) is -0.586. The fraction of sp³-hybridized carbons (Fsp3) is 0.143. The zero-order chi connectivity index (χ0) is 15.0. The van der Waals surface area contributed by atoms with Gasteiger partial charge < -0.3 is 10.5 Å². The highest BCUT2D eigenvalue weighted by Crippen LogP contribution is 2.36. The maximum absolute atomic E-state index is 12.6. The number of nitrogens with two attached hydrogens (primary N) is 1. The van der Waals surface area contributed by atoms with Gasteiger partial charge in [0.05, 0.1) is 22.8 Å². The van der Waals surface area contributed by atoms with Crippen LogP contribution in [0.2, 0.25) is 0 Å². The molecule has 2 heterocycles. The molecule has 0 aliphatic rings. The summed E-state index contributed by atoms with van der Waals surface area (Å²) in [6.07, 6.45) is 0. The molecule has 0 unspecified atom stereocenters. The molecule has 2 N–H and O–H groups in total. The van der Waals surface area contributed by atoms with Gasteiger partial charge in [0, 0.05) is 16.5 Å². The Morgan fingerprint density at radius 2 is 2.19 bits per heavy atom. The number of benzene rings is 1. The van der Waals surface area contributed by atoms with Gasteiger partial charge in [0.25, 0.3) is 0 Å². The van der Waals surface area contributed by atoms with Crippen LogP contribution in [0.25, 0.3) is 21.6 Å². The molecule has 0 radical (unpaired) electrons. The normalized spacial score (nSPS) is 11.0. The third-order valence-electron chi connectivity index (χ3n) is 3.04. The van der Waals surface area contributed by atoms with E-state index in [2.05, 4.69) is 25.9 Å². The van der Waals surface area contributed by atoms with Crippen molar-refractivity contribution >= 4 is 43.9 Å². The number of rotatable bonds is 3. The van der Waals surface area contributed by atoms with E-state index >= 15 is 0 Å². The molecule has 7 heteroatoms. The summed E-state index contributed by atoms with van der Waals surface area (Å²) in [7, 11) is 1.59.